The molecule has 0 bridgehead atoms. The minimum Gasteiger partial charge on any atom is -0.335 e. The van der Waals surface area contributed by atoms with Crippen LogP contribution in [0.3, 0.4) is 0 Å². The fraction of sp³-hybridized carbons (Fsp3) is 0.421. The summed E-state index contributed by atoms with van der Waals surface area (Å²) in [7, 11) is 0. The second-order valence-electron chi connectivity index (χ2n) is 15.4. The molecule has 2 aliphatic carbocycles. The molecule has 3 aromatic carbocycles. The second kappa shape index (κ2) is 7.37. The maximum atomic E-state index is 2.95. The number of thiophene rings is 2. The van der Waals surface area contributed by atoms with Crippen LogP contribution in [0.2, 0.25) is 0 Å². The van der Waals surface area contributed by atoms with E-state index in [2.05, 4.69) is 103 Å². The molecule has 2 aromatic heterocycles. The van der Waals surface area contributed by atoms with E-state index in [9.17, 15) is 0 Å². The molecule has 0 spiro atoms. The third-order valence-corrected chi connectivity index (χ3v) is 16.5. The van der Waals surface area contributed by atoms with Crippen LogP contribution in [0.15, 0.2) is 54.6 Å². The minimum atomic E-state index is 0.0975. The average molecular weight is 597 g/mol. The normalized spacial score (nSPS) is 32.6. The molecule has 0 radical (unpaired) electrons. The molecule has 5 aromatic rings. The molecule has 11 rings (SSSR count). The van der Waals surface area contributed by atoms with Gasteiger partial charge in [0.15, 0.2) is 0 Å². The molecule has 5 heteroatoms. The Balaban J connectivity index is 1.36. The molecular weight excluding hydrogens is 559 g/mol. The van der Waals surface area contributed by atoms with Gasteiger partial charge < -0.3 is 9.80 Å². The van der Waals surface area contributed by atoms with Gasteiger partial charge in [-0.1, -0.05) is 82.0 Å². The molecule has 2 nitrogen and oxygen atoms in total. The molecule has 4 atom stereocenters. The van der Waals surface area contributed by atoms with Crippen molar-refractivity contribution in [3.05, 3.63) is 65.7 Å². The van der Waals surface area contributed by atoms with Gasteiger partial charge in [0.05, 0.1) is 20.8 Å². The molecule has 0 saturated heterocycles. The Bertz CT molecular complexity index is 2110. The molecule has 6 aliphatic rings. The smallest absolute Gasteiger partial charge is 0.255 e. The van der Waals surface area contributed by atoms with Gasteiger partial charge in [0.1, 0.15) is 0 Å². The summed E-state index contributed by atoms with van der Waals surface area (Å²) in [5.41, 5.74) is 13.3. The van der Waals surface area contributed by atoms with Gasteiger partial charge >= 0.3 is 0 Å². The Morgan fingerprint density at radius 3 is 2.05 bits per heavy atom. The summed E-state index contributed by atoms with van der Waals surface area (Å²) in [5.74, 6) is 0. The average Bonchev–Trinajstić information content (AvgIpc) is 3.67. The van der Waals surface area contributed by atoms with Gasteiger partial charge in [-0.05, 0) is 79.2 Å². The largest absolute Gasteiger partial charge is 0.335 e. The van der Waals surface area contributed by atoms with E-state index in [0.717, 1.165) is 0 Å². The highest BCUT2D eigenvalue weighted by Gasteiger charge is 2.67. The van der Waals surface area contributed by atoms with E-state index in [1.165, 1.54) is 77.3 Å². The first-order valence-electron chi connectivity index (χ1n) is 16.7. The third-order valence-electron chi connectivity index (χ3n) is 14.0. The molecule has 4 unspecified atom stereocenters. The fourth-order valence-corrected chi connectivity index (χ4v) is 14.3. The van der Waals surface area contributed by atoms with Crippen molar-refractivity contribution in [1.82, 2.24) is 0 Å². The lowest BCUT2D eigenvalue weighted by molar-refractivity contribution is 0.190. The van der Waals surface area contributed by atoms with Gasteiger partial charge in [-0.25, -0.2) is 0 Å². The SMILES string of the molecule is CC12CCCCC1(C)N1c3ccccc3B3c4c1c2cc1c4N(c2sc4c(sc5ccccc54)c23)C2(C)CCCCC12C. The molecule has 2 fully saturated rings. The Hall–Kier alpha value is -2.76. The summed E-state index contributed by atoms with van der Waals surface area (Å²) in [5, 5.41) is 3.00. The van der Waals surface area contributed by atoms with Crippen molar-refractivity contribution in [2.45, 2.75) is 101 Å². The van der Waals surface area contributed by atoms with Crippen molar-refractivity contribution in [1.29, 1.82) is 0 Å². The quantitative estimate of drug-likeness (QED) is 0.165. The number of hydrogen-bond donors (Lipinski definition) is 0. The third kappa shape index (κ3) is 2.38. The standard InChI is InChI=1S/C38H37BN2S2/c1-35-17-9-11-19-37(35,3)40-26-15-7-6-14-25(26)39-28-30(40)23(35)21-24-31(28)41(38(4)20-12-10-18-36(24,38)2)34-29(39)33-32(43-34)22-13-5-8-16-27(22)42-33/h5-8,13-16,21H,9-12,17-20H2,1-4H3. The van der Waals surface area contributed by atoms with E-state index in [1.54, 1.807) is 43.1 Å². The summed E-state index contributed by atoms with van der Waals surface area (Å²) in [6.45, 7) is 10.9. The molecule has 0 amide bonds. The summed E-state index contributed by atoms with van der Waals surface area (Å²) in [6, 6.07) is 21.5. The zero-order chi connectivity index (χ0) is 28.7. The number of hydrogen-bond acceptors (Lipinski definition) is 4. The number of para-hydroxylation sites is 1. The second-order valence-corrected chi connectivity index (χ2v) is 17.5. The highest BCUT2D eigenvalue weighted by atomic mass is 32.1. The van der Waals surface area contributed by atoms with Gasteiger partial charge in [0, 0.05) is 42.7 Å². The van der Waals surface area contributed by atoms with Crippen molar-refractivity contribution >= 4 is 87.3 Å². The molecule has 2 saturated carbocycles. The zero-order valence-electron chi connectivity index (χ0n) is 25.6. The monoisotopic (exact) mass is 596 g/mol. The van der Waals surface area contributed by atoms with Crippen LogP contribution in [0, 0.1) is 0 Å². The van der Waals surface area contributed by atoms with Crippen LogP contribution >= 0.6 is 22.7 Å². The maximum absolute atomic E-state index is 2.95. The van der Waals surface area contributed by atoms with E-state index in [0.29, 0.717) is 6.71 Å². The Morgan fingerprint density at radius 1 is 0.651 bits per heavy atom. The summed E-state index contributed by atoms with van der Waals surface area (Å²) in [6.07, 6.45) is 10.5. The van der Waals surface area contributed by atoms with Crippen molar-refractivity contribution in [3.8, 4) is 0 Å². The van der Waals surface area contributed by atoms with Crippen LogP contribution in [0.25, 0.3) is 19.5 Å². The van der Waals surface area contributed by atoms with E-state index in [4.69, 9.17) is 0 Å². The van der Waals surface area contributed by atoms with E-state index >= 15 is 0 Å². The minimum absolute atomic E-state index is 0.0975. The lowest BCUT2D eigenvalue weighted by Gasteiger charge is -2.53. The van der Waals surface area contributed by atoms with Gasteiger partial charge in [-0.2, -0.15) is 0 Å². The summed E-state index contributed by atoms with van der Waals surface area (Å²) in [4.78, 5) is 5.85. The lowest BCUT2D eigenvalue weighted by Crippen LogP contribution is -2.65. The number of fused-ring (bicyclic) bond motifs is 16. The Morgan fingerprint density at radius 2 is 1.28 bits per heavy atom. The highest BCUT2D eigenvalue weighted by Crippen LogP contribution is 2.68. The van der Waals surface area contributed by atoms with E-state index in [-0.39, 0.29) is 21.9 Å². The van der Waals surface area contributed by atoms with Crippen LogP contribution in [-0.2, 0) is 10.8 Å². The van der Waals surface area contributed by atoms with Gasteiger partial charge in [-0.3, -0.25) is 0 Å². The number of nitrogens with zero attached hydrogens (tertiary/aromatic N) is 2. The van der Waals surface area contributed by atoms with Crippen LogP contribution < -0.4 is 26.2 Å². The van der Waals surface area contributed by atoms with Gasteiger partial charge in [0.2, 0.25) is 0 Å². The first-order chi connectivity index (χ1) is 20.8. The fourth-order valence-electron chi connectivity index (χ4n) is 11.4. The van der Waals surface area contributed by atoms with Crippen molar-refractivity contribution < 1.29 is 0 Å². The molecule has 43 heavy (non-hydrogen) atoms. The van der Waals surface area contributed by atoms with E-state index < -0.39 is 0 Å². The number of benzene rings is 3. The topological polar surface area (TPSA) is 6.48 Å². The molecule has 6 heterocycles. The van der Waals surface area contributed by atoms with Crippen LogP contribution in [-0.4, -0.2) is 17.8 Å². The van der Waals surface area contributed by atoms with Crippen molar-refractivity contribution in [3.63, 3.8) is 0 Å². The summed E-state index contributed by atoms with van der Waals surface area (Å²) < 4.78 is 4.49. The number of anilines is 4. The summed E-state index contributed by atoms with van der Waals surface area (Å²) >= 11 is 4.15. The predicted molar refractivity (Wildman–Crippen MR) is 187 cm³/mol. The lowest BCUT2D eigenvalue weighted by atomic mass is 9.34. The van der Waals surface area contributed by atoms with Crippen LogP contribution in [0.5, 0.6) is 0 Å². The van der Waals surface area contributed by atoms with Gasteiger partial charge in [-0.15, -0.1) is 22.7 Å². The van der Waals surface area contributed by atoms with Crippen molar-refractivity contribution in [2.75, 3.05) is 9.80 Å². The molecular formula is C38H37BN2S2. The molecule has 4 aliphatic heterocycles. The predicted octanol–water partition coefficient (Wildman–Crippen LogP) is 8.74. The maximum Gasteiger partial charge on any atom is 0.255 e. The molecule has 0 N–H and O–H groups in total. The van der Waals surface area contributed by atoms with Crippen LogP contribution in [0.1, 0.15) is 90.2 Å². The number of rotatable bonds is 0. The molecule has 214 valence electrons. The Kier molecular flexibility index (Phi) is 4.21. The van der Waals surface area contributed by atoms with Crippen LogP contribution in [0.4, 0.5) is 22.1 Å². The first-order valence-corrected chi connectivity index (χ1v) is 18.3. The first kappa shape index (κ1) is 24.6. The Labute approximate surface area is 262 Å². The zero-order valence-corrected chi connectivity index (χ0v) is 27.3. The van der Waals surface area contributed by atoms with Crippen molar-refractivity contribution in [2.24, 2.45) is 0 Å². The van der Waals surface area contributed by atoms with Gasteiger partial charge in [0.25, 0.3) is 6.71 Å². The highest BCUT2D eigenvalue weighted by molar-refractivity contribution is 7.37. The van der Waals surface area contributed by atoms with E-state index in [1.807, 2.05) is 11.3 Å².